The molecule has 2 aromatic carbocycles. The third-order valence-corrected chi connectivity index (χ3v) is 7.37. The summed E-state index contributed by atoms with van der Waals surface area (Å²) in [7, 11) is 0. The van der Waals surface area contributed by atoms with Gasteiger partial charge in [-0.15, -0.1) is 0 Å². The summed E-state index contributed by atoms with van der Waals surface area (Å²) in [6.45, 7) is 2.23. The second-order valence-electron chi connectivity index (χ2n) is 9.63. The van der Waals surface area contributed by atoms with E-state index in [1.165, 1.54) is 96.9 Å². The van der Waals surface area contributed by atoms with Crippen LogP contribution in [0.25, 0.3) is 23.3 Å². The van der Waals surface area contributed by atoms with Crippen LogP contribution < -0.4 is 10.4 Å². The largest absolute Gasteiger partial charge is 0.0741 e. The van der Waals surface area contributed by atoms with E-state index in [0.717, 1.165) is 11.8 Å². The van der Waals surface area contributed by atoms with E-state index in [4.69, 9.17) is 0 Å². The standard InChI is InChI=1S/C29H34/c1-21-16-27-19-23(18-22-8-4-2-5-9-22)20-29(27)28(17-21)26-14-12-25(13-15-26)24-10-6-3-7-11-24/h12-20,22,24H,2-11H2,1H3. The Kier molecular flexibility index (Phi) is 5.44. The van der Waals surface area contributed by atoms with Crippen LogP contribution in [0.15, 0.2) is 48.0 Å². The molecule has 0 amide bonds. The zero-order valence-corrected chi connectivity index (χ0v) is 17.9. The minimum absolute atomic E-state index is 0.778. The van der Waals surface area contributed by atoms with Crippen molar-refractivity contribution in [2.45, 2.75) is 77.0 Å². The van der Waals surface area contributed by atoms with Gasteiger partial charge in [0.15, 0.2) is 0 Å². The third-order valence-electron chi connectivity index (χ3n) is 7.37. The van der Waals surface area contributed by atoms with Crippen molar-refractivity contribution in [2.24, 2.45) is 5.92 Å². The molecular weight excluding hydrogens is 348 g/mol. The van der Waals surface area contributed by atoms with Gasteiger partial charge in [0.1, 0.15) is 0 Å². The summed E-state index contributed by atoms with van der Waals surface area (Å²) in [5.74, 6) is 1.56. The summed E-state index contributed by atoms with van der Waals surface area (Å²) in [4.78, 5) is 0. The molecule has 0 aromatic heterocycles. The molecule has 3 aliphatic rings. The molecule has 29 heavy (non-hydrogen) atoms. The highest BCUT2D eigenvalue weighted by atomic mass is 14.2. The molecule has 0 bridgehead atoms. The molecular formula is C29H34. The van der Waals surface area contributed by atoms with Crippen LogP contribution in [-0.4, -0.2) is 0 Å². The molecule has 0 N–H and O–H groups in total. The van der Waals surface area contributed by atoms with E-state index in [0.29, 0.717) is 0 Å². The van der Waals surface area contributed by atoms with Crippen LogP contribution in [0.5, 0.6) is 0 Å². The average Bonchev–Trinajstić information content (AvgIpc) is 3.16. The first-order valence-electron chi connectivity index (χ1n) is 11.9. The van der Waals surface area contributed by atoms with Crippen LogP contribution in [-0.2, 0) is 0 Å². The van der Waals surface area contributed by atoms with Crippen molar-refractivity contribution in [3.63, 3.8) is 0 Å². The van der Waals surface area contributed by atoms with Gasteiger partial charge < -0.3 is 0 Å². The van der Waals surface area contributed by atoms with Crippen LogP contribution in [0.4, 0.5) is 0 Å². The van der Waals surface area contributed by atoms with E-state index >= 15 is 0 Å². The first kappa shape index (κ1) is 18.9. The minimum atomic E-state index is 0.778. The van der Waals surface area contributed by atoms with E-state index in [-0.39, 0.29) is 0 Å². The van der Waals surface area contributed by atoms with Gasteiger partial charge in [-0.1, -0.05) is 81.0 Å². The number of allylic oxidation sites excluding steroid dienone is 2. The van der Waals surface area contributed by atoms with Crippen molar-refractivity contribution in [3.05, 3.63) is 69.6 Å². The van der Waals surface area contributed by atoms with Crippen molar-refractivity contribution in [1.29, 1.82) is 0 Å². The molecule has 5 rings (SSSR count). The van der Waals surface area contributed by atoms with Gasteiger partial charge in [0.25, 0.3) is 0 Å². The van der Waals surface area contributed by atoms with Crippen molar-refractivity contribution >= 4 is 12.2 Å². The Morgan fingerprint density at radius 1 is 0.759 bits per heavy atom. The Bertz CT molecular complexity index is 1010. The maximum absolute atomic E-state index is 2.55. The summed E-state index contributed by atoms with van der Waals surface area (Å²) >= 11 is 0. The van der Waals surface area contributed by atoms with E-state index in [1.54, 1.807) is 5.56 Å². The summed E-state index contributed by atoms with van der Waals surface area (Å²) in [6, 6.07) is 14.3. The Morgan fingerprint density at radius 2 is 1.45 bits per heavy atom. The summed E-state index contributed by atoms with van der Waals surface area (Å²) in [5, 5.41) is 2.82. The molecule has 0 nitrogen and oxygen atoms in total. The molecule has 0 radical (unpaired) electrons. The van der Waals surface area contributed by atoms with Gasteiger partial charge >= 0.3 is 0 Å². The number of aryl methyl sites for hydroxylation is 1. The molecule has 150 valence electrons. The van der Waals surface area contributed by atoms with Crippen LogP contribution in [0.1, 0.15) is 81.3 Å². The molecule has 0 atom stereocenters. The SMILES string of the molecule is Cc1cc(-c2ccc(C3CCCCC3)cc2)c2c(c1)=CC(=CC1CCCCC1)C=2. The fourth-order valence-electron chi connectivity index (χ4n) is 5.77. The number of fused-ring (bicyclic) bond motifs is 1. The van der Waals surface area contributed by atoms with Gasteiger partial charge in [-0.2, -0.15) is 0 Å². The minimum Gasteiger partial charge on any atom is -0.0741 e. The lowest BCUT2D eigenvalue weighted by Crippen LogP contribution is -2.24. The van der Waals surface area contributed by atoms with Gasteiger partial charge in [-0.05, 0) is 94.9 Å². The maximum atomic E-state index is 2.55. The van der Waals surface area contributed by atoms with Gasteiger partial charge in [0.2, 0.25) is 0 Å². The highest BCUT2D eigenvalue weighted by Crippen LogP contribution is 2.33. The third kappa shape index (κ3) is 4.13. The Labute approximate surface area is 176 Å². The molecule has 0 spiro atoms. The maximum Gasteiger partial charge on any atom is -0.00992 e. The van der Waals surface area contributed by atoms with Crippen LogP contribution in [0.3, 0.4) is 0 Å². The highest BCUT2D eigenvalue weighted by molar-refractivity contribution is 5.78. The van der Waals surface area contributed by atoms with Crippen LogP contribution in [0.2, 0.25) is 0 Å². The van der Waals surface area contributed by atoms with Gasteiger partial charge in [0.05, 0.1) is 0 Å². The molecule has 2 fully saturated rings. The topological polar surface area (TPSA) is 0 Å². The van der Waals surface area contributed by atoms with Crippen molar-refractivity contribution < 1.29 is 0 Å². The zero-order valence-electron chi connectivity index (χ0n) is 17.9. The lowest BCUT2D eigenvalue weighted by Gasteiger charge is -2.22. The van der Waals surface area contributed by atoms with Gasteiger partial charge in [-0.25, -0.2) is 0 Å². The molecule has 3 aliphatic carbocycles. The predicted molar refractivity (Wildman–Crippen MR) is 125 cm³/mol. The molecule has 0 heterocycles. The zero-order chi connectivity index (χ0) is 19.6. The molecule has 2 saturated carbocycles. The highest BCUT2D eigenvalue weighted by Gasteiger charge is 2.16. The first-order valence-corrected chi connectivity index (χ1v) is 11.9. The summed E-state index contributed by atoms with van der Waals surface area (Å²) in [5.41, 5.74) is 7.11. The Balaban J connectivity index is 1.47. The van der Waals surface area contributed by atoms with Gasteiger partial charge in [0, 0.05) is 0 Å². The molecule has 0 saturated heterocycles. The van der Waals surface area contributed by atoms with Crippen LogP contribution in [0, 0.1) is 12.8 Å². The second kappa shape index (κ2) is 8.34. The summed E-state index contributed by atoms with van der Waals surface area (Å²) in [6.07, 6.45) is 21.3. The first-order chi connectivity index (χ1) is 14.3. The lowest BCUT2D eigenvalue weighted by atomic mass is 9.83. The molecule has 0 aliphatic heterocycles. The van der Waals surface area contributed by atoms with E-state index in [1.807, 2.05) is 0 Å². The molecule has 2 aromatic rings. The average molecular weight is 383 g/mol. The fraction of sp³-hybridized carbons (Fsp3) is 0.448. The van der Waals surface area contributed by atoms with Crippen molar-refractivity contribution in [1.82, 2.24) is 0 Å². The monoisotopic (exact) mass is 382 g/mol. The number of hydrogen-bond acceptors (Lipinski definition) is 0. The van der Waals surface area contributed by atoms with Crippen molar-refractivity contribution in [2.75, 3.05) is 0 Å². The lowest BCUT2D eigenvalue weighted by molar-refractivity contribution is 0.419. The quantitative estimate of drug-likeness (QED) is 0.548. The van der Waals surface area contributed by atoms with Gasteiger partial charge in [-0.3, -0.25) is 0 Å². The van der Waals surface area contributed by atoms with Crippen molar-refractivity contribution in [3.8, 4) is 11.1 Å². The number of hydrogen-bond donors (Lipinski definition) is 0. The second-order valence-corrected chi connectivity index (χ2v) is 9.63. The molecule has 0 unspecified atom stereocenters. The fourth-order valence-corrected chi connectivity index (χ4v) is 5.77. The number of rotatable bonds is 3. The van der Waals surface area contributed by atoms with E-state index < -0.39 is 0 Å². The van der Waals surface area contributed by atoms with Crippen LogP contribution >= 0.6 is 0 Å². The predicted octanol–water partition coefficient (Wildman–Crippen LogP) is 6.79. The number of benzene rings is 2. The van der Waals surface area contributed by atoms with E-state index in [9.17, 15) is 0 Å². The Morgan fingerprint density at radius 3 is 2.17 bits per heavy atom. The smallest absolute Gasteiger partial charge is 0.00992 e. The molecule has 0 heteroatoms. The van der Waals surface area contributed by atoms with E-state index in [2.05, 4.69) is 61.5 Å². The summed E-state index contributed by atoms with van der Waals surface area (Å²) < 4.78 is 0. The Hall–Kier alpha value is -2.08. The normalized spacial score (nSPS) is 21.6.